The summed E-state index contributed by atoms with van der Waals surface area (Å²) in [4.78, 5) is 28.9. The van der Waals surface area contributed by atoms with E-state index in [2.05, 4.69) is 5.32 Å². The number of methoxy groups -OCH3 is 2. The van der Waals surface area contributed by atoms with Gasteiger partial charge in [0.1, 0.15) is 12.6 Å². The highest BCUT2D eigenvalue weighted by molar-refractivity contribution is 7.92. The number of halogens is 2. The van der Waals surface area contributed by atoms with E-state index in [1.54, 1.807) is 49.4 Å². The van der Waals surface area contributed by atoms with Crippen LogP contribution in [-0.4, -0.2) is 58.5 Å². The van der Waals surface area contributed by atoms with Gasteiger partial charge >= 0.3 is 0 Å². The summed E-state index contributed by atoms with van der Waals surface area (Å²) >= 11 is 13.0. The quantitative estimate of drug-likeness (QED) is 0.224. The third-order valence-electron chi connectivity index (χ3n) is 7.00. The summed E-state index contributed by atoms with van der Waals surface area (Å²) in [6.45, 7) is 7.29. The Kier molecular flexibility index (Phi) is 12.3. The molecule has 0 bridgehead atoms. The molecule has 1 atom stereocenters. The molecule has 3 aromatic carbocycles. The van der Waals surface area contributed by atoms with Gasteiger partial charge in [-0.15, -0.1) is 0 Å². The fraction of sp³-hybridized carbons (Fsp3) is 0.375. The molecule has 1 unspecified atom stereocenters. The lowest BCUT2D eigenvalue weighted by atomic mass is 10.1. The molecular weight excluding hydrogens is 625 g/mol. The van der Waals surface area contributed by atoms with Crippen LogP contribution in [0.3, 0.4) is 0 Å². The van der Waals surface area contributed by atoms with Crippen molar-refractivity contribution in [2.24, 2.45) is 5.92 Å². The molecule has 0 fully saturated rings. The summed E-state index contributed by atoms with van der Waals surface area (Å²) in [5.74, 6) is -0.223. The third kappa shape index (κ3) is 8.37. The molecule has 0 aliphatic heterocycles. The molecule has 3 aromatic rings. The minimum Gasteiger partial charge on any atom is -0.493 e. The van der Waals surface area contributed by atoms with E-state index < -0.39 is 28.5 Å². The van der Waals surface area contributed by atoms with Gasteiger partial charge in [-0.3, -0.25) is 13.9 Å². The standard InChI is InChI=1S/C32H39Cl2N3O6S/c1-7-28(32(39)35-18-21(2)3)36(19-25-26(33)9-8-10-27(25)34)31(38)20-37(23-13-11-22(4)12-14-23)44(40,41)24-15-16-29(42-5)30(17-24)43-6/h8-17,21,28H,7,18-20H2,1-6H3,(H,35,39). The number of hydrogen-bond acceptors (Lipinski definition) is 6. The van der Waals surface area contributed by atoms with Gasteiger partial charge < -0.3 is 19.7 Å². The molecule has 2 amide bonds. The number of aryl methyl sites for hydroxylation is 1. The smallest absolute Gasteiger partial charge is 0.264 e. The van der Waals surface area contributed by atoms with Gasteiger partial charge in [0.25, 0.3) is 10.0 Å². The first kappa shape index (κ1) is 35.0. The fourth-order valence-electron chi connectivity index (χ4n) is 4.54. The summed E-state index contributed by atoms with van der Waals surface area (Å²) in [5, 5.41) is 3.54. The predicted molar refractivity (Wildman–Crippen MR) is 174 cm³/mol. The molecule has 3 rings (SSSR count). The highest BCUT2D eigenvalue weighted by Crippen LogP contribution is 2.33. The van der Waals surface area contributed by atoms with Gasteiger partial charge in [0, 0.05) is 34.8 Å². The maximum Gasteiger partial charge on any atom is 0.264 e. The number of hydrogen-bond donors (Lipinski definition) is 1. The molecule has 0 saturated heterocycles. The number of carbonyl (C=O) groups excluding carboxylic acids is 2. The highest BCUT2D eigenvalue weighted by Gasteiger charge is 2.34. The van der Waals surface area contributed by atoms with Crippen molar-refractivity contribution in [1.82, 2.24) is 10.2 Å². The largest absolute Gasteiger partial charge is 0.493 e. The van der Waals surface area contributed by atoms with E-state index in [-0.39, 0.29) is 41.1 Å². The molecule has 0 heterocycles. The average Bonchev–Trinajstić information content (AvgIpc) is 2.99. The van der Waals surface area contributed by atoms with E-state index in [0.29, 0.717) is 27.9 Å². The number of anilines is 1. The predicted octanol–water partition coefficient (Wildman–Crippen LogP) is 6.09. The summed E-state index contributed by atoms with van der Waals surface area (Å²) < 4.78 is 40.0. The maximum absolute atomic E-state index is 14.3. The summed E-state index contributed by atoms with van der Waals surface area (Å²) in [7, 11) is -1.46. The molecule has 44 heavy (non-hydrogen) atoms. The zero-order chi connectivity index (χ0) is 32.6. The van der Waals surface area contributed by atoms with E-state index in [9.17, 15) is 18.0 Å². The number of benzene rings is 3. The lowest BCUT2D eigenvalue weighted by Gasteiger charge is -2.33. The van der Waals surface area contributed by atoms with E-state index in [1.165, 1.54) is 37.3 Å². The van der Waals surface area contributed by atoms with Crippen LogP contribution in [0.1, 0.15) is 38.3 Å². The van der Waals surface area contributed by atoms with Gasteiger partial charge in [-0.1, -0.05) is 67.7 Å². The number of nitrogens with one attached hydrogen (secondary N) is 1. The Labute approximate surface area is 270 Å². The van der Waals surface area contributed by atoms with Crippen molar-refractivity contribution >= 4 is 50.7 Å². The number of amides is 2. The van der Waals surface area contributed by atoms with Gasteiger partial charge in [0.05, 0.1) is 24.8 Å². The number of sulfonamides is 1. The molecule has 0 aromatic heterocycles. The monoisotopic (exact) mass is 663 g/mol. The molecule has 0 spiro atoms. The molecule has 0 radical (unpaired) electrons. The molecule has 238 valence electrons. The maximum atomic E-state index is 14.3. The molecule has 9 nitrogen and oxygen atoms in total. The van der Waals surface area contributed by atoms with Gasteiger partial charge in [-0.2, -0.15) is 0 Å². The van der Waals surface area contributed by atoms with Crippen molar-refractivity contribution in [2.75, 3.05) is 31.6 Å². The second kappa shape index (κ2) is 15.5. The summed E-state index contributed by atoms with van der Waals surface area (Å²) in [6.07, 6.45) is 0.269. The lowest BCUT2D eigenvalue weighted by Crippen LogP contribution is -2.52. The van der Waals surface area contributed by atoms with Crippen LogP contribution >= 0.6 is 23.2 Å². The van der Waals surface area contributed by atoms with Gasteiger partial charge in [0.15, 0.2) is 11.5 Å². The average molecular weight is 665 g/mol. The highest BCUT2D eigenvalue weighted by atomic mass is 35.5. The Balaban J connectivity index is 2.12. The van der Waals surface area contributed by atoms with Crippen LogP contribution in [0.15, 0.2) is 65.6 Å². The number of nitrogens with zero attached hydrogens (tertiary/aromatic N) is 2. The zero-order valence-corrected chi connectivity index (χ0v) is 28.1. The topological polar surface area (TPSA) is 105 Å². The summed E-state index contributed by atoms with van der Waals surface area (Å²) in [5.41, 5.74) is 1.63. The van der Waals surface area contributed by atoms with Crippen LogP contribution in [0.5, 0.6) is 11.5 Å². The van der Waals surface area contributed by atoms with Crippen molar-refractivity contribution in [1.29, 1.82) is 0 Å². The molecular formula is C32H39Cl2N3O6S. The number of ether oxygens (including phenoxy) is 2. The van der Waals surface area contributed by atoms with E-state index in [1.807, 2.05) is 20.8 Å². The second-order valence-corrected chi connectivity index (χ2v) is 13.3. The van der Waals surface area contributed by atoms with Crippen molar-refractivity contribution < 1.29 is 27.5 Å². The Morgan fingerprint density at radius 2 is 1.55 bits per heavy atom. The van der Waals surface area contributed by atoms with Crippen LogP contribution in [-0.2, 0) is 26.2 Å². The third-order valence-corrected chi connectivity index (χ3v) is 9.48. The Morgan fingerprint density at radius 3 is 2.09 bits per heavy atom. The second-order valence-electron chi connectivity index (χ2n) is 10.6. The van der Waals surface area contributed by atoms with E-state index in [0.717, 1.165) is 9.87 Å². The first-order valence-corrected chi connectivity index (χ1v) is 16.3. The molecule has 1 N–H and O–H groups in total. The van der Waals surface area contributed by atoms with Crippen molar-refractivity contribution in [2.45, 2.75) is 51.6 Å². The Hall–Kier alpha value is -3.47. The molecule has 0 aliphatic rings. The molecule has 0 aliphatic carbocycles. The minimum atomic E-state index is -4.32. The molecule has 12 heteroatoms. The molecule has 0 saturated carbocycles. The van der Waals surface area contributed by atoms with Crippen LogP contribution in [0.25, 0.3) is 0 Å². The normalized spacial score (nSPS) is 12.0. The van der Waals surface area contributed by atoms with Crippen LogP contribution < -0.4 is 19.1 Å². The number of rotatable bonds is 14. The first-order valence-electron chi connectivity index (χ1n) is 14.1. The van der Waals surface area contributed by atoms with E-state index in [4.69, 9.17) is 32.7 Å². The zero-order valence-electron chi connectivity index (χ0n) is 25.8. The first-order chi connectivity index (χ1) is 20.8. The van der Waals surface area contributed by atoms with Crippen molar-refractivity contribution in [3.8, 4) is 11.5 Å². The van der Waals surface area contributed by atoms with Crippen molar-refractivity contribution in [3.05, 3.63) is 81.8 Å². The minimum absolute atomic E-state index is 0.106. The van der Waals surface area contributed by atoms with E-state index >= 15 is 0 Å². The Morgan fingerprint density at radius 1 is 0.932 bits per heavy atom. The summed E-state index contributed by atoms with van der Waals surface area (Å²) in [6, 6.07) is 15.0. The SMILES string of the molecule is CCC(C(=O)NCC(C)C)N(Cc1c(Cl)cccc1Cl)C(=O)CN(c1ccc(C)cc1)S(=O)(=O)c1ccc(OC)c(OC)c1. The lowest BCUT2D eigenvalue weighted by molar-refractivity contribution is -0.140. The Bertz CT molecular complexity index is 1540. The van der Waals surface area contributed by atoms with Gasteiger partial charge in [0.2, 0.25) is 11.8 Å². The van der Waals surface area contributed by atoms with Crippen LogP contribution in [0.4, 0.5) is 5.69 Å². The van der Waals surface area contributed by atoms with Crippen molar-refractivity contribution in [3.63, 3.8) is 0 Å². The van der Waals surface area contributed by atoms with Gasteiger partial charge in [-0.25, -0.2) is 8.42 Å². The van der Waals surface area contributed by atoms with Crippen LogP contribution in [0.2, 0.25) is 10.0 Å². The van der Waals surface area contributed by atoms with Crippen LogP contribution in [0, 0.1) is 12.8 Å². The fourth-order valence-corrected chi connectivity index (χ4v) is 6.49. The number of carbonyl (C=O) groups is 2. The van der Waals surface area contributed by atoms with Gasteiger partial charge in [-0.05, 0) is 55.7 Å².